The van der Waals surface area contributed by atoms with E-state index >= 15 is 0 Å². The molecule has 0 unspecified atom stereocenters. The van der Waals surface area contributed by atoms with Crippen molar-refractivity contribution in [3.8, 4) is 17.2 Å². The number of methoxy groups -OCH3 is 3. The molecule has 1 heterocycles. The number of ether oxygens (including phenoxy) is 3. The first-order valence-electron chi connectivity index (χ1n) is 8.24. The predicted molar refractivity (Wildman–Crippen MR) is 107 cm³/mol. The Morgan fingerprint density at radius 2 is 1.85 bits per heavy atom. The summed E-state index contributed by atoms with van der Waals surface area (Å²) >= 11 is 6.04. The zero-order valence-electron chi connectivity index (χ0n) is 15.3. The summed E-state index contributed by atoms with van der Waals surface area (Å²) in [5.41, 5.74) is 2.59. The lowest BCUT2D eigenvalue weighted by Crippen LogP contribution is -2.05. The monoisotopic (exact) mass is 388 g/mol. The second kappa shape index (κ2) is 8.55. The fourth-order valence-electron chi connectivity index (χ4n) is 2.72. The van der Waals surface area contributed by atoms with Crippen LogP contribution in [-0.4, -0.2) is 31.5 Å². The number of rotatable bonds is 8. The highest BCUT2D eigenvalue weighted by molar-refractivity contribution is 6.30. The van der Waals surface area contributed by atoms with E-state index in [2.05, 4.69) is 20.8 Å². The van der Waals surface area contributed by atoms with Gasteiger partial charge in [-0.05, 0) is 30.3 Å². The lowest BCUT2D eigenvalue weighted by molar-refractivity contribution is 0.322. The van der Waals surface area contributed by atoms with E-state index in [1.807, 2.05) is 36.4 Å². The summed E-state index contributed by atoms with van der Waals surface area (Å²) in [6.07, 6.45) is 1.70. The van der Waals surface area contributed by atoms with Crippen LogP contribution in [0.1, 0.15) is 5.56 Å². The Morgan fingerprint density at radius 1 is 1.04 bits per heavy atom. The topological polar surface area (TPSA) is 80.4 Å². The third-order valence-corrected chi connectivity index (χ3v) is 4.22. The Morgan fingerprint density at radius 3 is 2.56 bits per heavy atom. The molecule has 0 spiro atoms. The van der Waals surface area contributed by atoms with Gasteiger partial charge in [0, 0.05) is 22.8 Å². The highest BCUT2D eigenvalue weighted by Gasteiger charge is 2.16. The molecule has 0 atom stereocenters. The van der Waals surface area contributed by atoms with Gasteiger partial charge in [0.25, 0.3) is 0 Å². The Labute approximate surface area is 162 Å². The van der Waals surface area contributed by atoms with Crippen molar-refractivity contribution in [2.24, 2.45) is 0 Å². The van der Waals surface area contributed by atoms with Crippen molar-refractivity contribution >= 4 is 28.8 Å². The normalized spacial score (nSPS) is 10.4. The first kappa shape index (κ1) is 18.7. The van der Waals surface area contributed by atoms with Crippen LogP contribution in [0.5, 0.6) is 17.2 Å². The maximum absolute atomic E-state index is 6.04. The predicted octanol–water partition coefficient (Wildman–Crippen LogP) is 4.44. The molecule has 0 radical (unpaired) electrons. The number of halogens is 1. The van der Waals surface area contributed by atoms with Crippen LogP contribution in [-0.2, 0) is 6.54 Å². The molecule has 1 aromatic heterocycles. The molecular formula is C19H21ClN4O3. The fraction of sp³-hybridized carbons (Fsp3) is 0.211. The zero-order valence-corrected chi connectivity index (χ0v) is 16.1. The maximum Gasteiger partial charge on any atom is 0.203 e. The molecule has 3 N–H and O–H groups in total. The minimum Gasteiger partial charge on any atom is -0.493 e. The standard InChI is InChI=1S/C19H21ClN4O3/c1-25-16-8-7-12(17(26-2)18(16)27-3)10-21-19-15(11-22-24-19)23-14-6-4-5-13(20)9-14/h4-9,11,23H,10H2,1-3H3,(H2,21,22,24). The molecule has 27 heavy (non-hydrogen) atoms. The number of aromatic nitrogens is 2. The lowest BCUT2D eigenvalue weighted by atomic mass is 10.1. The molecule has 0 saturated carbocycles. The average molecular weight is 389 g/mol. The first-order chi connectivity index (χ1) is 13.2. The summed E-state index contributed by atoms with van der Waals surface area (Å²) in [5.74, 6) is 2.53. The average Bonchev–Trinajstić information content (AvgIpc) is 3.12. The number of hydrogen-bond acceptors (Lipinski definition) is 6. The van der Waals surface area contributed by atoms with Crippen LogP contribution in [0.25, 0.3) is 0 Å². The Bertz CT molecular complexity index is 914. The lowest BCUT2D eigenvalue weighted by Gasteiger charge is -2.16. The summed E-state index contributed by atoms with van der Waals surface area (Å²) < 4.78 is 16.3. The summed E-state index contributed by atoms with van der Waals surface area (Å²) in [4.78, 5) is 0. The summed E-state index contributed by atoms with van der Waals surface area (Å²) in [6.45, 7) is 0.496. The number of H-pyrrole nitrogens is 1. The van der Waals surface area contributed by atoms with E-state index in [-0.39, 0.29) is 0 Å². The van der Waals surface area contributed by atoms with Crippen LogP contribution >= 0.6 is 11.6 Å². The molecule has 8 heteroatoms. The summed E-state index contributed by atoms with van der Waals surface area (Å²) in [6, 6.07) is 11.2. The van der Waals surface area contributed by atoms with E-state index in [0.29, 0.717) is 28.8 Å². The fourth-order valence-corrected chi connectivity index (χ4v) is 2.91. The van der Waals surface area contributed by atoms with Gasteiger partial charge in [-0.15, -0.1) is 0 Å². The number of hydrogen-bond donors (Lipinski definition) is 3. The van der Waals surface area contributed by atoms with Gasteiger partial charge in [0.05, 0.1) is 27.5 Å². The Hall–Kier alpha value is -3.06. The number of nitrogens with zero attached hydrogens (tertiary/aromatic N) is 1. The maximum atomic E-state index is 6.04. The van der Waals surface area contributed by atoms with Crippen molar-refractivity contribution in [2.45, 2.75) is 6.54 Å². The van der Waals surface area contributed by atoms with Crippen LogP contribution in [0.2, 0.25) is 5.02 Å². The van der Waals surface area contributed by atoms with Gasteiger partial charge >= 0.3 is 0 Å². The largest absolute Gasteiger partial charge is 0.493 e. The van der Waals surface area contributed by atoms with E-state index in [4.69, 9.17) is 25.8 Å². The zero-order chi connectivity index (χ0) is 19.2. The van der Waals surface area contributed by atoms with Gasteiger partial charge in [0.1, 0.15) is 11.5 Å². The van der Waals surface area contributed by atoms with Gasteiger partial charge in [-0.1, -0.05) is 17.7 Å². The third kappa shape index (κ3) is 4.20. The summed E-state index contributed by atoms with van der Waals surface area (Å²) in [5, 5.41) is 14.3. The Balaban J connectivity index is 1.77. The van der Waals surface area contributed by atoms with Gasteiger partial charge < -0.3 is 24.8 Å². The highest BCUT2D eigenvalue weighted by Crippen LogP contribution is 2.40. The molecule has 0 aliphatic heterocycles. The van der Waals surface area contributed by atoms with E-state index in [0.717, 1.165) is 22.8 Å². The van der Waals surface area contributed by atoms with Crippen molar-refractivity contribution < 1.29 is 14.2 Å². The van der Waals surface area contributed by atoms with Crippen molar-refractivity contribution in [1.82, 2.24) is 10.2 Å². The molecule has 0 aliphatic rings. The van der Waals surface area contributed by atoms with Gasteiger partial charge in [0.2, 0.25) is 5.75 Å². The molecule has 142 valence electrons. The van der Waals surface area contributed by atoms with Crippen LogP contribution in [0.15, 0.2) is 42.6 Å². The third-order valence-electron chi connectivity index (χ3n) is 3.98. The Kier molecular flexibility index (Phi) is 5.93. The molecule has 2 aromatic carbocycles. The van der Waals surface area contributed by atoms with Crippen LogP contribution in [0.4, 0.5) is 17.2 Å². The number of anilines is 3. The molecular weight excluding hydrogens is 368 g/mol. The molecule has 0 aliphatic carbocycles. The number of nitrogens with one attached hydrogen (secondary N) is 3. The smallest absolute Gasteiger partial charge is 0.203 e. The molecule has 0 fully saturated rings. The van der Waals surface area contributed by atoms with Gasteiger partial charge in [0.15, 0.2) is 11.5 Å². The molecule has 0 bridgehead atoms. The molecule has 7 nitrogen and oxygen atoms in total. The van der Waals surface area contributed by atoms with Crippen molar-refractivity contribution in [2.75, 3.05) is 32.0 Å². The molecule has 3 rings (SSSR count). The molecule has 0 amide bonds. The minimum absolute atomic E-state index is 0.496. The van der Waals surface area contributed by atoms with E-state index in [1.165, 1.54) is 0 Å². The summed E-state index contributed by atoms with van der Waals surface area (Å²) in [7, 11) is 4.77. The highest BCUT2D eigenvalue weighted by atomic mass is 35.5. The quantitative estimate of drug-likeness (QED) is 0.529. The van der Waals surface area contributed by atoms with Crippen molar-refractivity contribution in [1.29, 1.82) is 0 Å². The number of aromatic amines is 1. The molecule has 3 aromatic rings. The SMILES string of the molecule is COc1ccc(CNc2[nH]ncc2Nc2cccc(Cl)c2)c(OC)c1OC. The second-order valence-electron chi connectivity index (χ2n) is 5.64. The second-order valence-corrected chi connectivity index (χ2v) is 6.08. The van der Waals surface area contributed by atoms with Crippen LogP contribution < -0.4 is 24.8 Å². The first-order valence-corrected chi connectivity index (χ1v) is 8.61. The van der Waals surface area contributed by atoms with Crippen LogP contribution in [0, 0.1) is 0 Å². The minimum atomic E-state index is 0.496. The van der Waals surface area contributed by atoms with Crippen molar-refractivity contribution in [3.05, 3.63) is 53.2 Å². The number of benzene rings is 2. The van der Waals surface area contributed by atoms with Crippen LogP contribution in [0.3, 0.4) is 0 Å². The van der Waals surface area contributed by atoms with Gasteiger partial charge in [-0.25, -0.2) is 0 Å². The van der Waals surface area contributed by atoms with E-state index in [1.54, 1.807) is 27.5 Å². The van der Waals surface area contributed by atoms with E-state index in [9.17, 15) is 0 Å². The van der Waals surface area contributed by atoms with Gasteiger partial charge in [-0.3, -0.25) is 5.10 Å². The van der Waals surface area contributed by atoms with Gasteiger partial charge in [-0.2, -0.15) is 5.10 Å². The molecule has 0 saturated heterocycles. The van der Waals surface area contributed by atoms with E-state index < -0.39 is 0 Å². The van der Waals surface area contributed by atoms with Crippen molar-refractivity contribution in [3.63, 3.8) is 0 Å².